The molecule has 0 aliphatic carbocycles. The van der Waals surface area contributed by atoms with Gasteiger partial charge in [0.25, 0.3) is 0 Å². The van der Waals surface area contributed by atoms with Crippen molar-refractivity contribution in [3.8, 4) is 0 Å². The van der Waals surface area contributed by atoms with Crippen molar-refractivity contribution in [1.82, 2.24) is 9.80 Å². The number of likely N-dealkylation sites (tertiary alicyclic amines) is 2. The molecule has 2 N–H and O–H groups in total. The maximum Gasteiger partial charge on any atom is 0.227 e. The average Bonchev–Trinajstić information content (AvgIpc) is 3.12. The molecule has 0 bridgehead atoms. The molecule has 2 fully saturated rings. The molecule has 0 spiro atoms. The third-order valence-electron chi connectivity index (χ3n) is 5.71. The molecule has 1 aromatic rings. The van der Waals surface area contributed by atoms with Gasteiger partial charge in [-0.25, -0.2) is 0 Å². The molecule has 2 aliphatic heterocycles. The monoisotopic (exact) mass is 343 g/mol. The van der Waals surface area contributed by atoms with Crippen LogP contribution >= 0.6 is 0 Å². The van der Waals surface area contributed by atoms with Crippen molar-refractivity contribution in [3.05, 3.63) is 35.9 Å². The second kappa shape index (κ2) is 8.00. The maximum absolute atomic E-state index is 13.0. The number of rotatable bonds is 4. The quantitative estimate of drug-likeness (QED) is 0.907. The molecular formula is C20H29N3O2. The number of benzene rings is 1. The molecule has 2 saturated heterocycles. The summed E-state index contributed by atoms with van der Waals surface area (Å²) < 4.78 is 0. The summed E-state index contributed by atoms with van der Waals surface area (Å²) in [5.74, 6) is 0.916. The highest BCUT2D eigenvalue weighted by Crippen LogP contribution is 2.33. The minimum atomic E-state index is -0.0582. The molecule has 3 rings (SSSR count). The number of carbonyl (C=O) groups excluding carboxylic acids is 2. The van der Waals surface area contributed by atoms with E-state index in [0.29, 0.717) is 31.3 Å². The van der Waals surface area contributed by atoms with Crippen LogP contribution in [0.4, 0.5) is 0 Å². The summed E-state index contributed by atoms with van der Waals surface area (Å²) in [6.45, 7) is 5.30. The Morgan fingerprint density at radius 1 is 1.12 bits per heavy atom. The van der Waals surface area contributed by atoms with Crippen molar-refractivity contribution in [2.45, 2.75) is 32.1 Å². The first-order chi connectivity index (χ1) is 12.1. The second-order valence-electron chi connectivity index (χ2n) is 7.29. The van der Waals surface area contributed by atoms with Crippen LogP contribution in [0, 0.1) is 11.8 Å². The zero-order valence-corrected chi connectivity index (χ0v) is 15.1. The van der Waals surface area contributed by atoms with E-state index in [1.54, 1.807) is 0 Å². The predicted octanol–water partition coefficient (Wildman–Crippen LogP) is 1.84. The van der Waals surface area contributed by atoms with E-state index in [-0.39, 0.29) is 17.7 Å². The van der Waals surface area contributed by atoms with Gasteiger partial charge in [0.1, 0.15) is 0 Å². The van der Waals surface area contributed by atoms with Gasteiger partial charge in [-0.3, -0.25) is 9.59 Å². The summed E-state index contributed by atoms with van der Waals surface area (Å²) in [4.78, 5) is 28.9. The van der Waals surface area contributed by atoms with E-state index in [1.165, 1.54) is 5.56 Å². The second-order valence-corrected chi connectivity index (χ2v) is 7.29. The number of nitrogens with zero attached hydrogens (tertiary/aromatic N) is 2. The van der Waals surface area contributed by atoms with Crippen LogP contribution in [0.2, 0.25) is 0 Å². The fourth-order valence-corrected chi connectivity index (χ4v) is 4.25. The maximum atomic E-state index is 13.0. The van der Waals surface area contributed by atoms with Crippen LogP contribution in [-0.4, -0.2) is 54.3 Å². The third-order valence-corrected chi connectivity index (χ3v) is 5.71. The Bertz CT molecular complexity index is 604. The summed E-state index contributed by atoms with van der Waals surface area (Å²) in [7, 11) is 0. The number of piperidine rings is 1. The zero-order chi connectivity index (χ0) is 17.8. The van der Waals surface area contributed by atoms with Gasteiger partial charge in [-0.1, -0.05) is 37.3 Å². The lowest BCUT2D eigenvalue weighted by molar-refractivity contribution is -0.140. The molecule has 1 unspecified atom stereocenters. The van der Waals surface area contributed by atoms with E-state index < -0.39 is 0 Å². The minimum Gasteiger partial charge on any atom is -0.342 e. The standard InChI is InChI=1S/C20H29N3O2/c1-2-19(24)22-10-6-9-16(12-22)20(25)23-13-17(11-21)18(14-23)15-7-4-3-5-8-15/h3-5,7-8,16-18H,2,6,9-14,21H2,1H3/t16?,17-,18+/m1/s1. The normalized spacial score (nSPS) is 26.7. The van der Waals surface area contributed by atoms with Crippen LogP contribution in [0.5, 0.6) is 0 Å². The predicted molar refractivity (Wildman–Crippen MR) is 97.9 cm³/mol. The molecular weight excluding hydrogens is 314 g/mol. The largest absolute Gasteiger partial charge is 0.342 e. The minimum absolute atomic E-state index is 0.0582. The van der Waals surface area contributed by atoms with Gasteiger partial charge in [-0.15, -0.1) is 0 Å². The Kier molecular flexibility index (Phi) is 5.74. The molecule has 2 heterocycles. The SMILES string of the molecule is CCC(=O)N1CCCC(C(=O)N2C[C@@H](CN)[C@H](c3ccccc3)C2)C1. The summed E-state index contributed by atoms with van der Waals surface area (Å²) >= 11 is 0. The highest BCUT2D eigenvalue weighted by atomic mass is 16.2. The fraction of sp³-hybridized carbons (Fsp3) is 0.600. The van der Waals surface area contributed by atoms with Crippen molar-refractivity contribution in [2.75, 3.05) is 32.7 Å². The van der Waals surface area contributed by atoms with Gasteiger partial charge >= 0.3 is 0 Å². The number of nitrogens with two attached hydrogens (primary N) is 1. The van der Waals surface area contributed by atoms with Crippen LogP contribution in [0.15, 0.2) is 30.3 Å². The van der Waals surface area contributed by atoms with E-state index in [4.69, 9.17) is 5.73 Å². The topological polar surface area (TPSA) is 66.6 Å². The molecule has 25 heavy (non-hydrogen) atoms. The Morgan fingerprint density at radius 2 is 1.88 bits per heavy atom. The molecule has 5 nitrogen and oxygen atoms in total. The zero-order valence-electron chi connectivity index (χ0n) is 15.1. The number of carbonyl (C=O) groups is 2. The molecule has 0 radical (unpaired) electrons. The smallest absolute Gasteiger partial charge is 0.227 e. The molecule has 0 aromatic heterocycles. The summed E-state index contributed by atoms with van der Waals surface area (Å²) in [5.41, 5.74) is 7.25. The first kappa shape index (κ1) is 17.9. The van der Waals surface area contributed by atoms with E-state index in [2.05, 4.69) is 12.1 Å². The molecule has 5 heteroatoms. The lowest BCUT2D eigenvalue weighted by Gasteiger charge is -2.34. The van der Waals surface area contributed by atoms with Crippen LogP contribution in [-0.2, 0) is 9.59 Å². The van der Waals surface area contributed by atoms with Gasteiger partial charge in [-0.05, 0) is 30.9 Å². The van der Waals surface area contributed by atoms with Gasteiger partial charge in [0.2, 0.25) is 11.8 Å². The van der Waals surface area contributed by atoms with Crippen molar-refractivity contribution < 1.29 is 9.59 Å². The third kappa shape index (κ3) is 3.87. The first-order valence-corrected chi connectivity index (χ1v) is 9.45. The van der Waals surface area contributed by atoms with E-state index in [9.17, 15) is 9.59 Å². The van der Waals surface area contributed by atoms with Crippen molar-refractivity contribution in [1.29, 1.82) is 0 Å². The molecule has 2 aliphatic rings. The Labute approximate surface area is 150 Å². The van der Waals surface area contributed by atoms with Gasteiger partial charge in [0, 0.05) is 38.5 Å². The van der Waals surface area contributed by atoms with E-state index >= 15 is 0 Å². The van der Waals surface area contributed by atoms with Crippen molar-refractivity contribution >= 4 is 11.8 Å². The van der Waals surface area contributed by atoms with Crippen molar-refractivity contribution in [2.24, 2.45) is 17.6 Å². The van der Waals surface area contributed by atoms with Crippen molar-refractivity contribution in [3.63, 3.8) is 0 Å². The average molecular weight is 343 g/mol. The number of hydrogen-bond donors (Lipinski definition) is 1. The highest BCUT2D eigenvalue weighted by molar-refractivity contribution is 5.81. The number of amides is 2. The first-order valence-electron chi connectivity index (χ1n) is 9.45. The summed E-state index contributed by atoms with van der Waals surface area (Å²) in [6.07, 6.45) is 2.31. The van der Waals surface area contributed by atoms with Gasteiger partial charge < -0.3 is 15.5 Å². The van der Waals surface area contributed by atoms with Gasteiger partial charge in [0.15, 0.2) is 0 Å². The van der Waals surface area contributed by atoms with Gasteiger partial charge in [-0.2, -0.15) is 0 Å². The lowest BCUT2D eigenvalue weighted by atomic mass is 9.89. The van der Waals surface area contributed by atoms with Crippen LogP contribution in [0.25, 0.3) is 0 Å². The molecule has 3 atom stereocenters. The Balaban J connectivity index is 1.67. The summed E-state index contributed by atoms with van der Waals surface area (Å²) in [5, 5.41) is 0. The van der Waals surface area contributed by atoms with E-state index in [1.807, 2.05) is 34.9 Å². The summed E-state index contributed by atoms with van der Waals surface area (Å²) in [6, 6.07) is 10.4. The molecule has 2 amide bonds. The Hall–Kier alpha value is -1.88. The Morgan fingerprint density at radius 3 is 2.56 bits per heavy atom. The molecule has 1 aromatic carbocycles. The number of hydrogen-bond acceptors (Lipinski definition) is 3. The lowest BCUT2D eigenvalue weighted by Crippen LogP contribution is -2.46. The van der Waals surface area contributed by atoms with Crippen LogP contribution < -0.4 is 5.73 Å². The molecule has 136 valence electrons. The molecule has 0 saturated carbocycles. The van der Waals surface area contributed by atoms with E-state index in [0.717, 1.165) is 32.5 Å². The van der Waals surface area contributed by atoms with Crippen LogP contribution in [0.1, 0.15) is 37.7 Å². The van der Waals surface area contributed by atoms with Crippen LogP contribution in [0.3, 0.4) is 0 Å². The fourth-order valence-electron chi connectivity index (χ4n) is 4.25. The highest BCUT2D eigenvalue weighted by Gasteiger charge is 2.38. The van der Waals surface area contributed by atoms with Gasteiger partial charge in [0.05, 0.1) is 5.92 Å².